The number of amides is 1. The molecule has 0 N–H and O–H groups in total. The van der Waals surface area contributed by atoms with Crippen molar-refractivity contribution < 1.29 is 13.6 Å². The highest BCUT2D eigenvalue weighted by Crippen LogP contribution is 2.47. The summed E-state index contributed by atoms with van der Waals surface area (Å²) in [5.41, 5.74) is 1.39. The van der Waals surface area contributed by atoms with E-state index in [9.17, 15) is 9.18 Å². The van der Waals surface area contributed by atoms with Gasteiger partial charge >= 0.3 is 0 Å². The van der Waals surface area contributed by atoms with Gasteiger partial charge in [0.25, 0.3) is 5.91 Å². The van der Waals surface area contributed by atoms with Gasteiger partial charge in [-0.1, -0.05) is 0 Å². The number of anilines is 1. The third-order valence-electron chi connectivity index (χ3n) is 5.37. The van der Waals surface area contributed by atoms with Gasteiger partial charge in [-0.15, -0.1) is 0 Å². The van der Waals surface area contributed by atoms with Crippen LogP contribution in [0.4, 0.5) is 10.1 Å². The molecule has 0 aliphatic carbocycles. The van der Waals surface area contributed by atoms with Gasteiger partial charge in [-0.3, -0.25) is 9.69 Å². The first kappa shape index (κ1) is 15.9. The molecule has 0 atom stereocenters. The fourth-order valence-corrected chi connectivity index (χ4v) is 4.02. The lowest BCUT2D eigenvalue weighted by Gasteiger charge is -2.39. The molecule has 0 saturated carbocycles. The summed E-state index contributed by atoms with van der Waals surface area (Å²) in [5.74, 6) is -0.201. The Morgan fingerprint density at radius 1 is 1.32 bits per heavy atom. The number of rotatable bonds is 2. The molecule has 5 nitrogen and oxygen atoms in total. The van der Waals surface area contributed by atoms with Crippen LogP contribution in [0.5, 0.6) is 0 Å². The Morgan fingerprint density at radius 3 is 2.80 bits per heavy atom. The number of carbonyl (C=O) groups is 1. The van der Waals surface area contributed by atoms with Crippen LogP contribution in [0.15, 0.2) is 41.0 Å². The summed E-state index contributed by atoms with van der Waals surface area (Å²) in [6.45, 7) is 2.46. The quantitative estimate of drug-likeness (QED) is 0.789. The lowest BCUT2D eigenvalue weighted by molar-refractivity contribution is 0.0951. The smallest absolute Gasteiger partial charge is 0.293 e. The van der Waals surface area contributed by atoms with Crippen molar-refractivity contribution in [2.75, 3.05) is 31.1 Å². The molecule has 2 aliphatic heterocycles. The predicted molar refractivity (Wildman–Crippen MR) is 89.7 cm³/mol. The lowest BCUT2D eigenvalue weighted by Crippen LogP contribution is -2.46. The van der Waals surface area contributed by atoms with Crippen LogP contribution in [-0.2, 0) is 5.41 Å². The zero-order valence-corrected chi connectivity index (χ0v) is 13.7. The van der Waals surface area contributed by atoms with E-state index in [2.05, 4.69) is 11.0 Å². The van der Waals surface area contributed by atoms with E-state index in [1.54, 1.807) is 29.2 Å². The summed E-state index contributed by atoms with van der Waals surface area (Å²) in [7, 11) is 0. The first-order valence-corrected chi connectivity index (χ1v) is 8.38. The van der Waals surface area contributed by atoms with E-state index in [-0.39, 0.29) is 22.9 Å². The summed E-state index contributed by atoms with van der Waals surface area (Å²) < 4.78 is 19.2. The van der Waals surface area contributed by atoms with Crippen LogP contribution < -0.4 is 4.90 Å². The molecule has 0 radical (unpaired) electrons. The molecule has 3 heterocycles. The van der Waals surface area contributed by atoms with Crippen LogP contribution in [0.3, 0.4) is 0 Å². The normalized spacial score (nSPS) is 19.0. The summed E-state index contributed by atoms with van der Waals surface area (Å²) in [4.78, 5) is 16.6. The maximum atomic E-state index is 13.9. The van der Waals surface area contributed by atoms with E-state index in [0.29, 0.717) is 13.1 Å². The van der Waals surface area contributed by atoms with Crippen LogP contribution in [0.2, 0.25) is 0 Å². The van der Waals surface area contributed by atoms with Crippen molar-refractivity contribution in [2.45, 2.75) is 18.3 Å². The van der Waals surface area contributed by atoms with Gasteiger partial charge in [-0.25, -0.2) is 4.39 Å². The minimum Gasteiger partial charge on any atom is -0.459 e. The number of piperidine rings is 1. The summed E-state index contributed by atoms with van der Waals surface area (Å²) >= 11 is 0. The highest BCUT2D eigenvalue weighted by Gasteiger charge is 2.47. The third-order valence-corrected chi connectivity index (χ3v) is 5.37. The Balaban J connectivity index is 1.68. The Labute approximate surface area is 145 Å². The lowest BCUT2D eigenvalue weighted by atomic mass is 9.74. The number of hydrogen-bond donors (Lipinski definition) is 0. The van der Waals surface area contributed by atoms with Gasteiger partial charge in [0.1, 0.15) is 5.82 Å². The minimum absolute atomic E-state index is 0.200. The van der Waals surface area contributed by atoms with Crippen LogP contribution >= 0.6 is 0 Å². The zero-order chi connectivity index (χ0) is 17.4. The van der Waals surface area contributed by atoms with Crippen LogP contribution in [0.25, 0.3) is 0 Å². The standard InChI is InChI=1S/C19H18FN3O2/c20-14-3-4-16-15(12-14)19(5-8-22(9-6-19)10-7-21)13-23(16)18(24)17-2-1-11-25-17/h1-4,11-12H,5-6,8-10,13H2. The number of nitrogens with zero attached hydrogens (tertiary/aromatic N) is 3. The molecule has 128 valence electrons. The van der Waals surface area contributed by atoms with Gasteiger partial charge in [-0.05, 0) is 48.7 Å². The first-order chi connectivity index (χ1) is 12.1. The predicted octanol–water partition coefficient (Wildman–Crippen LogP) is 2.94. The Kier molecular flexibility index (Phi) is 3.81. The second-order valence-corrected chi connectivity index (χ2v) is 6.74. The fraction of sp³-hybridized carbons (Fsp3) is 0.368. The first-order valence-electron chi connectivity index (χ1n) is 8.38. The average molecular weight is 339 g/mol. The van der Waals surface area contributed by atoms with Crippen LogP contribution in [0.1, 0.15) is 29.0 Å². The molecule has 4 rings (SSSR count). The van der Waals surface area contributed by atoms with E-state index in [0.717, 1.165) is 37.2 Å². The number of nitriles is 1. The second-order valence-electron chi connectivity index (χ2n) is 6.74. The molecular formula is C19H18FN3O2. The Morgan fingerprint density at radius 2 is 2.12 bits per heavy atom. The van der Waals surface area contributed by atoms with Gasteiger partial charge in [0.15, 0.2) is 5.76 Å². The molecular weight excluding hydrogens is 321 g/mol. The molecule has 1 aromatic heterocycles. The maximum absolute atomic E-state index is 13.9. The number of halogens is 1. The highest BCUT2D eigenvalue weighted by molar-refractivity contribution is 6.06. The minimum atomic E-state index is -0.287. The Hall–Kier alpha value is -2.65. The van der Waals surface area contributed by atoms with E-state index >= 15 is 0 Å². The molecule has 0 bridgehead atoms. The summed E-state index contributed by atoms with van der Waals surface area (Å²) in [6.07, 6.45) is 3.07. The van der Waals surface area contributed by atoms with E-state index in [4.69, 9.17) is 9.68 Å². The number of furan rings is 1. The van der Waals surface area contributed by atoms with Gasteiger partial charge in [0.05, 0.1) is 18.9 Å². The number of fused-ring (bicyclic) bond motifs is 2. The van der Waals surface area contributed by atoms with E-state index in [1.165, 1.54) is 12.3 Å². The topological polar surface area (TPSA) is 60.5 Å². The molecule has 1 amide bonds. The molecule has 1 fully saturated rings. The number of likely N-dealkylation sites (tertiary alicyclic amines) is 1. The number of hydrogen-bond acceptors (Lipinski definition) is 4. The summed E-state index contributed by atoms with van der Waals surface area (Å²) in [5, 5.41) is 8.89. The van der Waals surface area contributed by atoms with Crippen molar-refractivity contribution in [2.24, 2.45) is 0 Å². The van der Waals surface area contributed by atoms with Gasteiger partial charge in [-0.2, -0.15) is 5.26 Å². The fourth-order valence-electron chi connectivity index (χ4n) is 4.02. The molecule has 6 heteroatoms. The number of carbonyl (C=O) groups excluding carboxylic acids is 1. The molecule has 0 unspecified atom stereocenters. The van der Waals surface area contributed by atoms with E-state index < -0.39 is 0 Å². The van der Waals surface area contributed by atoms with Crippen molar-refractivity contribution in [3.8, 4) is 6.07 Å². The van der Waals surface area contributed by atoms with Crippen molar-refractivity contribution in [3.05, 3.63) is 53.7 Å². The highest BCUT2D eigenvalue weighted by atomic mass is 19.1. The molecule has 2 aromatic rings. The largest absolute Gasteiger partial charge is 0.459 e. The van der Waals surface area contributed by atoms with Crippen LogP contribution in [0, 0.1) is 17.1 Å². The second kappa shape index (κ2) is 6.01. The monoisotopic (exact) mass is 339 g/mol. The molecule has 1 aromatic carbocycles. The third kappa shape index (κ3) is 2.61. The van der Waals surface area contributed by atoms with Gasteiger partial charge in [0, 0.05) is 30.7 Å². The van der Waals surface area contributed by atoms with Crippen molar-refractivity contribution in [1.82, 2.24) is 4.90 Å². The Bertz CT molecular complexity index is 833. The molecule has 2 aliphatic rings. The van der Waals surface area contributed by atoms with Gasteiger partial charge in [0.2, 0.25) is 0 Å². The van der Waals surface area contributed by atoms with Crippen molar-refractivity contribution >= 4 is 11.6 Å². The average Bonchev–Trinajstić information content (AvgIpc) is 3.25. The van der Waals surface area contributed by atoms with Crippen LogP contribution in [-0.4, -0.2) is 37.0 Å². The van der Waals surface area contributed by atoms with Gasteiger partial charge < -0.3 is 9.32 Å². The SMILES string of the molecule is N#CCN1CCC2(CC1)CN(C(=O)c1ccco1)c1ccc(F)cc12. The molecule has 1 spiro atoms. The van der Waals surface area contributed by atoms with Crippen molar-refractivity contribution in [3.63, 3.8) is 0 Å². The van der Waals surface area contributed by atoms with E-state index in [1.807, 2.05) is 0 Å². The molecule has 1 saturated heterocycles. The molecule has 25 heavy (non-hydrogen) atoms. The van der Waals surface area contributed by atoms with Crippen molar-refractivity contribution in [1.29, 1.82) is 5.26 Å². The summed E-state index contributed by atoms with van der Waals surface area (Å²) in [6, 6.07) is 10.1. The number of benzene rings is 1. The maximum Gasteiger partial charge on any atom is 0.293 e. The zero-order valence-electron chi connectivity index (χ0n) is 13.7.